The van der Waals surface area contributed by atoms with E-state index < -0.39 is 0 Å². The van der Waals surface area contributed by atoms with Gasteiger partial charge < -0.3 is 20.1 Å². The van der Waals surface area contributed by atoms with E-state index in [1.165, 1.54) is 0 Å². The summed E-state index contributed by atoms with van der Waals surface area (Å²) in [5, 5.41) is 6.53. The zero-order valence-electron chi connectivity index (χ0n) is 14.8. The Morgan fingerprint density at radius 3 is 2.41 bits per heavy atom. The van der Waals surface area contributed by atoms with Crippen molar-refractivity contribution in [2.24, 2.45) is 0 Å². The summed E-state index contributed by atoms with van der Waals surface area (Å²) in [6.45, 7) is 0. The van der Waals surface area contributed by atoms with Crippen LogP contribution in [0.3, 0.4) is 0 Å². The Hall–Kier alpha value is -3.25. The molecule has 2 N–H and O–H groups in total. The van der Waals surface area contributed by atoms with Gasteiger partial charge in [0.15, 0.2) is 0 Å². The van der Waals surface area contributed by atoms with E-state index in [2.05, 4.69) is 15.6 Å². The lowest BCUT2D eigenvalue weighted by molar-refractivity contribution is 0.102. The van der Waals surface area contributed by atoms with Crippen LogP contribution >= 0.6 is 11.6 Å². The second-order valence-corrected chi connectivity index (χ2v) is 6.02. The van der Waals surface area contributed by atoms with Crippen LogP contribution in [0.1, 0.15) is 10.4 Å². The van der Waals surface area contributed by atoms with Gasteiger partial charge in [-0.1, -0.05) is 11.6 Å². The number of hydrogen-bond donors (Lipinski definition) is 2. The van der Waals surface area contributed by atoms with Gasteiger partial charge in [-0.3, -0.25) is 4.79 Å². The average molecular weight is 384 g/mol. The summed E-state index contributed by atoms with van der Waals surface area (Å²) >= 11 is 6.03. The average Bonchev–Trinajstić information content (AvgIpc) is 2.70. The third-order valence-corrected chi connectivity index (χ3v) is 4.03. The van der Waals surface area contributed by atoms with Gasteiger partial charge in [-0.2, -0.15) is 0 Å². The molecule has 0 spiro atoms. The zero-order chi connectivity index (χ0) is 19.2. The van der Waals surface area contributed by atoms with Crippen molar-refractivity contribution in [3.63, 3.8) is 0 Å². The number of pyridine rings is 1. The normalized spacial score (nSPS) is 10.2. The van der Waals surface area contributed by atoms with Gasteiger partial charge in [0, 0.05) is 10.6 Å². The van der Waals surface area contributed by atoms with E-state index in [0.29, 0.717) is 39.3 Å². The predicted octanol–water partition coefficient (Wildman–Crippen LogP) is 4.75. The van der Waals surface area contributed by atoms with E-state index in [1.807, 2.05) is 0 Å². The number of ether oxygens (including phenoxy) is 2. The lowest BCUT2D eigenvalue weighted by atomic mass is 10.2. The quantitative estimate of drug-likeness (QED) is 0.642. The number of benzene rings is 2. The molecule has 3 rings (SSSR count). The first-order valence-electron chi connectivity index (χ1n) is 8.11. The van der Waals surface area contributed by atoms with Crippen molar-refractivity contribution in [3.05, 3.63) is 71.4 Å². The predicted molar refractivity (Wildman–Crippen MR) is 106 cm³/mol. The van der Waals surface area contributed by atoms with Gasteiger partial charge in [-0.05, 0) is 54.6 Å². The highest BCUT2D eigenvalue weighted by Crippen LogP contribution is 2.30. The van der Waals surface area contributed by atoms with Crippen molar-refractivity contribution in [3.8, 4) is 11.5 Å². The maximum absolute atomic E-state index is 12.3. The molecule has 1 heterocycles. The molecule has 0 saturated heterocycles. The van der Waals surface area contributed by atoms with Crippen molar-refractivity contribution in [2.75, 3.05) is 24.9 Å². The highest BCUT2D eigenvalue weighted by Gasteiger charge is 2.08. The van der Waals surface area contributed by atoms with E-state index in [-0.39, 0.29) is 5.91 Å². The summed E-state index contributed by atoms with van der Waals surface area (Å²) < 4.78 is 10.4. The fourth-order valence-corrected chi connectivity index (χ4v) is 2.58. The minimum absolute atomic E-state index is 0.225. The van der Waals surface area contributed by atoms with Crippen LogP contribution in [0.5, 0.6) is 11.5 Å². The van der Waals surface area contributed by atoms with Crippen LogP contribution in [0, 0.1) is 0 Å². The Bertz CT molecular complexity index is 928. The van der Waals surface area contributed by atoms with Gasteiger partial charge in [0.05, 0.1) is 31.8 Å². The molecule has 6 nitrogen and oxygen atoms in total. The molecular weight excluding hydrogens is 366 g/mol. The van der Waals surface area contributed by atoms with E-state index in [4.69, 9.17) is 21.1 Å². The standard InChI is InChI=1S/C20H18ClN3O3/c1-26-16-7-3-13(4-8-16)20(25)23-15-6-10-19(22-12-15)24-17-11-14(21)5-9-18(17)27-2/h3-12H,1-2H3,(H,22,24)(H,23,25). The third-order valence-electron chi connectivity index (χ3n) is 3.80. The van der Waals surface area contributed by atoms with Crippen LogP contribution in [0.2, 0.25) is 5.02 Å². The van der Waals surface area contributed by atoms with Crippen molar-refractivity contribution >= 4 is 34.7 Å². The van der Waals surface area contributed by atoms with Gasteiger partial charge in [-0.15, -0.1) is 0 Å². The Labute approximate surface area is 162 Å². The molecule has 0 aliphatic carbocycles. The van der Waals surface area contributed by atoms with E-state index in [0.717, 1.165) is 0 Å². The molecule has 1 aromatic heterocycles. The summed E-state index contributed by atoms with van der Waals surface area (Å²) in [6.07, 6.45) is 1.57. The Morgan fingerprint density at radius 1 is 1.00 bits per heavy atom. The molecule has 0 atom stereocenters. The van der Waals surface area contributed by atoms with Crippen molar-refractivity contribution < 1.29 is 14.3 Å². The second kappa shape index (κ2) is 8.42. The van der Waals surface area contributed by atoms with E-state index in [1.54, 1.807) is 75.0 Å². The lowest BCUT2D eigenvalue weighted by Crippen LogP contribution is -2.12. The molecule has 7 heteroatoms. The minimum atomic E-state index is -0.225. The van der Waals surface area contributed by atoms with E-state index >= 15 is 0 Å². The summed E-state index contributed by atoms with van der Waals surface area (Å²) in [5.41, 5.74) is 1.81. The van der Waals surface area contributed by atoms with Crippen molar-refractivity contribution in [1.29, 1.82) is 0 Å². The molecule has 0 aliphatic rings. The summed E-state index contributed by atoms with van der Waals surface area (Å²) in [4.78, 5) is 16.6. The maximum atomic E-state index is 12.3. The smallest absolute Gasteiger partial charge is 0.255 e. The van der Waals surface area contributed by atoms with Crippen molar-refractivity contribution in [2.45, 2.75) is 0 Å². The van der Waals surface area contributed by atoms with Gasteiger partial charge in [0.2, 0.25) is 0 Å². The first-order chi connectivity index (χ1) is 13.1. The molecule has 0 fully saturated rings. The summed E-state index contributed by atoms with van der Waals surface area (Å²) in [7, 11) is 3.16. The topological polar surface area (TPSA) is 72.5 Å². The molecule has 138 valence electrons. The first-order valence-corrected chi connectivity index (χ1v) is 8.49. The molecule has 3 aromatic rings. The number of carbonyl (C=O) groups is 1. The first kappa shape index (κ1) is 18.5. The number of anilines is 3. The van der Waals surface area contributed by atoms with Gasteiger partial charge in [0.1, 0.15) is 17.3 Å². The number of nitrogens with one attached hydrogen (secondary N) is 2. The molecule has 0 bridgehead atoms. The fourth-order valence-electron chi connectivity index (χ4n) is 2.40. The third kappa shape index (κ3) is 4.68. The zero-order valence-corrected chi connectivity index (χ0v) is 15.6. The number of carbonyl (C=O) groups excluding carboxylic acids is 1. The Balaban J connectivity index is 1.68. The second-order valence-electron chi connectivity index (χ2n) is 5.58. The molecule has 2 aromatic carbocycles. The highest BCUT2D eigenvalue weighted by atomic mass is 35.5. The number of nitrogens with zero attached hydrogens (tertiary/aromatic N) is 1. The molecule has 27 heavy (non-hydrogen) atoms. The molecular formula is C20H18ClN3O3. The highest BCUT2D eigenvalue weighted by molar-refractivity contribution is 6.31. The van der Waals surface area contributed by atoms with Crippen LogP contribution < -0.4 is 20.1 Å². The molecule has 0 aliphatic heterocycles. The summed E-state index contributed by atoms with van der Waals surface area (Å²) in [6, 6.07) is 15.6. The van der Waals surface area contributed by atoms with E-state index in [9.17, 15) is 4.79 Å². The van der Waals surface area contributed by atoms with Crippen LogP contribution in [-0.2, 0) is 0 Å². The van der Waals surface area contributed by atoms with Gasteiger partial charge in [0.25, 0.3) is 5.91 Å². The monoisotopic (exact) mass is 383 g/mol. The van der Waals surface area contributed by atoms with Crippen LogP contribution in [-0.4, -0.2) is 25.1 Å². The number of amides is 1. The van der Waals surface area contributed by atoms with Crippen LogP contribution in [0.25, 0.3) is 0 Å². The molecule has 0 saturated carbocycles. The SMILES string of the molecule is COc1ccc(C(=O)Nc2ccc(Nc3cc(Cl)ccc3OC)nc2)cc1. The van der Waals surface area contributed by atoms with Crippen molar-refractivity contribution in [1.82, 2.24) is 4.98 Å². The lowest BCUT2D eigenvalue weighted by Gasteiger charge is -2.11. The number of rotatable bonds is 6. The minimum Gasteiger partial charge on any atom is -0.497 e. The molecule has 1 amide bonds. The number of hydrogen-bond acceptors (Lipinski definition) is 5. The largest absolute Gasteiger partial charge is 0.497 e. The van der Waals surface area contributed by atoms with Gasteiger partial charge in [-0.25, -0.2) is 4.98 Å². The molecule has 0 unspecified atom stereocenters. The maximum Gasteiger partial charge on any atom is 0.255 e. The Kier molecular flexibility index (Phi) is 5.78. The number of methoxy groups -OCH3 is 2. The Morgan fingerprint density at radius 2 is 1.78 bits per heavy atom. The number of aromatic nitrogens is 1. The fraction of sp³-hybridized carbons (Fsp3) is 0.100. The van der Waals surface area contributed by atoms with Crippen LogP contribution in [0.4, 0.5) is 17.2 Å². The number of halogens is 1. The summed E-state index contributed by atoms with van der Waals surface area (Å²) in [5.74, 6) is 1.72. The van der Waals surface area contributed by atoms with Crippen LogP contribution in [0.15, 0.2) is 60.8 Å². The van der Waals surface area contributed by atoms with Gasteiger partial charge >= 0.3 is 0 Å². The molecule has 0 radical (unpaired) electrons.